The first kappa shape index (κ1) is 16.9. The zero-order valence-corrected chi connectivity index (χ0v) is 14.9. The standard InChI is InChI=1S/C17H12ClN7O2/c1-3-27-13(26)8-24-9-20-14-15(24)22-17(18)23-16(14)25-12-5-4-11(19-2)6-10(12)7-21-25/h4-7,9H,3,8H2,1H3. The van der Waals surface area contributed by atoms with Crippen molar-refractivity contribution >= 4 is 45.3 Å². The lowest BCUT2D eigenvalue weighted by Gasteiger charge is -2.06. The number of halogens is 1. The number of ether oxygens (including phenoxy) is 1. The Morgan fingerprint density at radius 3 is 3.00 bits per heavy atom. The molecule has 0 saturated carbocycles. The molecule has 0 atom stereocenters. The molecule has 0 radical (unpaired) electrons. The molecule has 0 unspecified atom stereocenters. The van der Waals surface area contributed by atoms with Crippen LogP contribution in [-0.4, -0.2) is 41.9 Å². The van der Waals surface area contributed by atoms with Gasteiger partial charge in [-0.1, -0.05) is 6.07 Å². The molecule has 4 aromatic rings. The topological polar surface area (TPSA) is 92.1 Å². The molecule has 0 aliphatic carbocycles. The molecule has 9 nitrogen and oxygen atoms in total. The van der Waals surface area contributed by atoms with Gasteiger partial charge in [0.25, 0.3) is 0 Å². The number of benzene rings is 1. The van der Waals surface area contributed by atoms with Crippen molar-refractivity contribution in [3.63, 3.8) is 0 Å². The van der Waals surface area contributed by atoms with Gasteiger partial charge < -0.3 is 9.30 Å². The number of hydrogen-bond acceptors (Lipinski definition) is 6. The van der Waals surface area contributed by atoms with Crippen LogP contribution in [0.3, 0.4) is 0 Å². The van der Waals surface area contributed by atoms with Gasteiger partial charge in [0.2, 0.25) is 5.28 Å². The summed E-state index contributed by atoms with van der Waals surface area (Å²) in [4.78, 5) is 28.0. The van der Waals surface area contributed by atoms with Crippen molar-refractivity contribution in [2.75, 3.05) is 6.61 Å². The quantitative estimate of drug-likeness (QED) is 0.306. The first-order chi connectivity index (χ1) is 13.1. The van der Waals surface area contributed by atoms with Crippen LogP contribution in [0, 0.1) is 6.57 Å². The van der Waals surface area contributed by atoms with Gasteiger partial charge in [0, 0.05) is 5.39 Å². The molecule has 10 heteroatoms. The number of aromatic nitrogens is 6. The summed E-state index contributed by atoms with van der Waals surface area (Å²) < 4.78 is 8.10. The molecule has 0 amide bonds. The Morgan fingerprint density at radius 1 is 1.37 bits per heavy atom. The van der Waals surface area contributed by atoms with Gasteiger partial charge in [0.05, 0.1) is 31.2 Å². The van der Waals surface area contributed by atoms with E-state index in [1.807, 2.05) is 0 Å². The maximum absolute atomic E-state index is 11.8. The predicted octanol–water partition coefficient (Wildman–Crippen LogP) is 2.93. The summed E-state index contributed by atoms with van der Waals surface area (Å²) in [7, 11) is 0. The molecule has 0 aliphatic rings. The summed E-state index contributed by atoms with van der Waals surface area (Å²) in [6, 6.07) is 5.23. The number of nitrogens with zero attached hydrogens (tertiary/aromatic N) is 7. The molecule has 3 aromatic heterocycles. The van der Waals surface area contributed by atoms with Crippen LogP contribution in [0.15, 0.2) is 30.7 Å². The molecule has 0 aliphatic heterocycles. The lowest BCUT2D eigenvalue weighted by molar-refractivity contribution is -0.143. The Labute approximate surface area is 158 Å². The summed E-state index contributed by atoms with van der Waals surface area (Å²) >= 11 is 6.11. The van der Waals surface area contributed by atoms with Gasteiger partial charge in [-0.15, -0.1) is 0 Å². The van der Waals surface area contributed by atoms with E-state index in [0.717, 1.165) is 10.9 Å². The van der Waals surface area contributed by atoms with Gasteiger partial charge in [-0.2, -0.15) is 15.1 Å². The number of carbonyl (C=O) groups is 1. The van der Waals surface area contributed by atoms with Crippen LogP contribution in [-0.2, 0) is 16.1 Å². The van der Waals surface area contributed by atoms with E-state index in [1.165, 1.54) is 6.33 Å². The largest absolute Gasteiger partial charge is 0.465 e. The molecular weight excluding hydrogens is 370 g/mol. The number of imidazole rings is 1. The molecule has 0 bridgehead atoms. The Hall–Kier alpha value is -3.51. The molecule has 0 spiro atoms. The Kier molecular flexibility index (Phi) is 4.18. The van der Waals surface area contributed by atoms with Crippen LogP contribution in [0.25, 0.3) is 32.7 Å². The van der Waals surface area contributed by atoms with Gasteiger partial charge in [-0.3, -0.25) is 4.79 Å². The van der Waals surface area contributed by atoms with Gasteiger partial charge in [-0.05, 0) is 30.7 Å². The zero-order valence-electron chi connectivity index (χ0n) is 14.1. The molecule has 27 heavy (non-hydrogen) atoms. The Morgan fingerprint density at radius 2 is 2.22 bits per heavy atom. The fourth-order valence-corrected chi connectivity index (χ4v) is 2.93. The van der Waals surface area contributed by atoms with Crippen molar-refractivity contribution in [2.24, 2.45) is 0 Å². The highest BCUT2D eigenvalue weighted by Gasteiger charge is 2.18. The molecule has 134 valence electrons. The number of hydrogen-bond donors (Lipinski definition) is 0. The van der Waals surface area contributed by atoms with Crippen LogP contribution in [0.1, 0.15) is 6.92 Å². The highest BCUT2D eigenvalue weighted by Crippen LogP contribution is 2.26. The smallest absolute Gasteiger partial charge is 0.326 e. The Balaban J connectivity index is 1.87. The molecule has 0 fully saturated rings. The highest BCUT2D eigenvalue weighted by molar-refractivity contribution is 6.28. The van der Waals surface area contributed by atoms with Crippen molar-refractivity contribution in [3.8, 4) is 5.82 Å². The lowest BCUT2D eigenvalue weighted by atomic mass is 10.2. The van der Waals surface area contributed by atoms with Crippen LogP contribution in [0.5, 0.6) is 0 Å². The van der Waals surface area contributed by atoms with Crippen LogP contribution >= 0.6 is 11.6 Å². The third-order valence-electron chi connectivity index (χ3n) is 3.90. The normalized spacial score (nSPS) is 11.0. The van der Waals surface area contributed by atoms with Crippen molar-refractivity contribution in [2.45, 2.75) is 13.5 Å². The van der Waals surface area contributed by atoms with Crippen molar-refractivity contribution < 1.29 is 9.53 Å². The predicted molar refractivity (Wildman–Crippen MR) is 97.9 cm³/mol. The van der Waals surface area contributed by atoms with Crippen LogP contribution in [0.2, 0.25) is 5.28 Å². The van der Waals surface area contributed by atoms with Crippen molar-refractivity contribution in [3.05, 3.63) is 47.4 Å². The highest BCUT2D eigenvalue weighted by atomic mass is 35.5. The van der Waals surface area contributed by atoms with E-state index < -0.39 is 5.97 Å². The lowest BCUT2D eigenvalue weighted by Crippen LogP contribution is -2.13. The molecule has 1 aromatic carbocycles. The summed E-state index contributed by atoms with van der Waals surface area (Å²) in [5, 5.41) is 5.15. The fraction of sp³-hybridized carbons (Fsp3) is 0.176. The second kappa shape index (κ2) is 6.66. The first-order valence-electron chi connectivity index (χ1n) is 8.00. The van der Waals surface area contributed by atoms with Crippen molar-refractivity contribution in [1.82, 2.24) is 29.3 Å². The maximum atomic E-state index is 11.8. The second-order valence-corrected chi connectivity index (χ2v) is 5.92. The maximum Gasteiger partial charge on any atom is 0.326 e. The van der Waals surface area contributed by atoms with Crippen LogP contribution in [0.4, 0.5) is 5.69 Å². The zero-order chi connectivity index (χ0) is 19.0. The number of esters is 1. The summed E-state index contributed by atoms with van der Waals surface area (Å²) in [5.41, 5.74) is 2.12. The average molecular weight is 382 g/mol. The van der Waals surface area contributed by atoms with E-state index in [-0.39, 0.29) is 11.8 Å². The number of carbonyl (C=O) groups excluding carboxylic acids is 1. The van der Waals surface area contributed by atoms with E-state index in [2.05, 4.69) is 24.9 Å². The summed E-state index contributed by atoms with van der Waals surface area (Å²) in [5.74, 6) is -0.0116. The third kappa shape index (κ3) is 2.96. The minimum Gasteiger partial charge on any atom is -0.465 e. The van der Waals surface area contributed by atoms with Crippen molar-refractivity contribution in [1.29, 1.82) is 0 Å². The molecular formula is C17H12ClN7O2. The molecule has 3 heterocycles. The monoisotopic (exact) mass is 381 g/mol. The third-order valence-corrected chi connectivity index (χ3v) is 4.07. The minimum absolute atomic E-state index is 0.00420. The van der Waals surface area contributed by atoms with Gasteiger partial charge >= 0.3 is 5.97 Å². The average Bonchev–Trinajstić information content (AvgIpc) is 3.25. The number of rotatable bonds is 4. The van der Waals surface area contributed by atoms with E-state index in [1.54, 1.807) is 40.6 Å². The van der Waals surface area contributed by atoms with E-state index in [9.17, 15) is 4.79 Å². The van der Waals surface area contributed by atoms with Crippen LogP contribution < -0.4 is 0 Å². The minimum atomic E-state index is -0.399. The van der Waals surface area contributed by atoms with E-state index in [4.69, 9.17) is 22.9 Å². The molecule has 4 rings (SSSR count). The molecule has 0 saturated heterocycles. The Bertz CT molecular complexity index is 1220. The van der Waals surface area contributed by atoms with E-state index >= 15 is 0 Å². The summed E-state index contributed by atoms with van der Waals surface area (Å²) in [6.45, 7) is 9.12. The fourth-order valence-electron chi connectivity index (χ4n) is 2.77. The van der Waals surface area contributed by atoms with Gasteiger partial charge in [0.15, 0.2) is 22.7 Å². The van der Waals surface area contributed by atoms with Gasteiger partial charge in [-0.25, -0.2) is 14.5 Å². The second-order valence-electron chi connectivity index (χ2n) is 5.58. The van der Waals surface area contributed by atoms with Gasteiger partial charge in [0.1, 0.15) is 6.54 Å². The SMILES string of the molecule is [C-]#[N+]c1ccc2c(cnn2-c2nc(Cl)nc3c2ncn3CC(=O)OCC)c1. The first-order valence-corrected chi connectivity index (χ1v) is 8.38. The molecule has 0 N–H and O–H groups in total. The van der Waals surface area contributed by atoms with E-state index in [0.29, 0.717) is 29.3 Å². The number of fused-ring (bicyclic) bond motifs is 2. The summed E-state index contributed by atoms with van der Waals surface area (Å²) in [6.07, 6.45) is 3.13.